The number of aryl methyl sites for hydroxylation is 1. The van der Waals surface area contributed by atoms with E-state index in [1.54, 1.807) is 0 Å². The lowest BCUT2D eigenvalue weighted by molar-refractivity contribution is 0.382. The second-order valence-corrected chi connectivity index (χ2v) is 8.10. The molecule has 0 unspecified atom stereocenters. The maximum absolute atomic E-state index is 14.0. The molecule has 0 N–H and O–H groups in total. The maximum atomic E-state index is 14.0. The van der Waals surface area contributed by atoms with Gasteiger partial charge in [-0.15, -0.1) is 0 Å². The zero-order valence-electron chi connectivity index (χ0n) is 13.2. The minimum atomic E-state index is -3.85. The van der Waals surface area contributed by atoms with Crippen molar-refractivity contribution in [2.75, 3.05) is 31.1 Å². The molecule has 1 heterocycles. The monoisotopic (exact) mass is 368 g/mol. The van der Waals surface area contributed by atoms with Crippen molar-refractivity contribution >= 4 is 27.3 Å². The third kappa shape index (κ3) is 3.27. The number of rotatable bonds is 3. The van der Waals surface area contributed by atoms with E-state index < -0.39 is 15.8 Å². The van der Waals surface area contributed by atoms with Gasteiger partial charge in [0.2, 0.25) is 10.0 Å². The molecule has 2 aromatic rings. The van der Waals surface area contributed by atoms with Gasteiger partial charge in [0.15, 0.2) is 0 Å². The Morgan fingerprint density at radius 1 is 1.04 bits per heavy atom. The number of benzene rings is 2. The van der Waals surface area contributed by atoms with Gasteiger partial charge >= 0.3 is 0 Å². The van der Waals surface area contributed by atoms with E-state index in [-0.39, 0.29) is 9.92 Å². The highest BCUT2D eigenvalue weighted by Crippen LogP contribution is 2.25. The Balaban J connectivity index is 1.78. The van der Waals surface area contributed by atoms with Crippen molar-refractivity contribution in [3.05, 3.63) is 58.9 Å². The summed E-state index contributed by atoms with van der Waals surface area (Å²) in [7, 11) is -3.85. The van der Waals surface area contributed by atoms with Crippen LogP contribution in [0.5, 0.6) is 0 Å². The molecular weight excluding hydrogens is 351 g/mol. The summed E-state index contributed by atoms with van der Waals surface area (Å²) in [6, 6.07) is 11.6. The molecule has 0 radical (unpaired) electrons. The topological polar surface area (TPSA) is 40.6 Å². The average molecular weight is 369 g/mol. The SMILES string of the molecule is Cc1ccccc1N1CCN(S(=O)(=O)c2ccc(Cl)cc2F)CC1. The van der Waals surface area contributed by atoms with Crippen LogP contribution in [0.1, 0.15) is 5.56 Å². The van der Waals surface area contributed by atoms with E-state index in [1.807, 2.05) is 31.2 Å². The summed E-state index contributed by atoms with van der Waals surface area (Å²) in [6.45, 7) is 3.80. The van der Waals surface area contributed by atoms with Gasteiger partial charge in [0.1, 0.15) is 10.7 Å². The molecule has 4 nitrogen and oxygen atoms in total. The van der Waals surface area contributed by atoms with Gasteiger partial charge in [0, 0.05) is 36.9 Å². The number of halogens is 2. The van der Waals surface area contributed by atoms with Gasteiger partial charge in [0.05, 0.1) is 0 Å². The minimum Gasteiger partial charge on any atom is -0.369 e. The van der Waals surface area contributed by atoms with Crippen molar-refractivity contribution in [2.45, 2.75) is 11.8 Å². The van der Waals surface area contributed by atoms with Crippen LogP contribution < -0.4 is 4.90 Å². The van der Waals surface area contributed by atoms with Crippen molar-refractivity contribution in [1.29, 1.82) is 0 Å². The number of para-hydroxylation sites is 1. The first-order valence-corrected chi connectivity index (χ1v) is 9.47. The number of nitrogens with zero attached hydrogens (tertiary/aromatic N) is 2. The first-order chi connectivity index (χ1) is 11.4. The van der Waals surface area contributed by atoms with Crippen LogP contribution in [0.3, 0.4) is 0 Å². The predicted molar refractivity (Wildman–Crippen MR) is 93.6 cm³/mol. The molecule has 0 saturated carbocycles. The molecule has 0 aromatic heterocycles. The van der Waals surface area contributed by atoms with Crippen molar-refractivity contribution < 1.29 is 12.8 Å². The molecule has 128 valence electrons. The third-order valence-electron chi connectivity index (χ3n) is 4.21. The zero-order chi connectivity index (χ0) is 17.3. The van der Waals surface area contributed by atoms with E-state index in [2.05, 4.69) is 4.90 Å². The fourth-order valence-corrected chi connectivity index (χ4v) is 4.54. The fraction of sp³-hybridized carbons (Fsp3) is 0.294. The fourth-order valence-electron chi connectivity index (χ4n) is 2.91. The molecule has 2 aromatic carbocycles. The summed E-state index contributed by atoms with van der Waals surface area (Å²) in [5.41, 5.74) is 2.25. The van der Waals surface area contributed by atoms with Gasteiger partial charge in [0.25, 0.3) is 0 Å². The molecule has 24 heavy (non-hydrogen) atoms. The van der Waals surface area contributed by atoms with Crippen LogP contribution in [0.25, 0.3) is 0 Å². The number of piperazine rings is 1. The molecule has 0 bridgehead atoms. The Hall–Kier alpha value is -1.63. The van der Waals surface area contributed by atoms with Crippen molar-refractivity contribution in [1.82, 2.24) is 4.31 Å². The number of hydrogen-bond donors (Lipinski definition) is 0. The predicted octanol–water partition coefficient (Wildman–Crippen LogP) is 3.30. The average Bonchev–Trinajstić information content (AvgIpc) is 2.55. The van der Waals surface area contributed by atoms with Crippen LogP contribution in [0, 0.1) is 12.7 Å². The zero-order valence-corrected chi connectivity index (χ0v) is 14.8. The molecule has 7 heteroatoms. The second kappa shape index (κ2) is 6.70. The molecule has 1 aliphatic rings. The van der Waals surface area contributed by atoms with E-state index in [1.165, 1.54) is 16.4 Å². The Morgan fingerprint density at radius 2 is 1.71 bits per heavy atom. The Kier molecular flexibility index (Phi) is 4.80. The molecule has 3 rings (SSSR count). The Labute approximate surface area is 146 Å². The maximum Gasteiger partial charge on any atom is 0.246 e. The molecule has 0 atom stereocenters. The molecule has 1 aliphatic heterocycles. The lowest BCUT2D eigenvalue weighted by atomic mass is 10.1. The first-order valence-electron chi connectivity index (χ1n) is 7.65. The van der Waals surface area contributed by atoms with Crippen molar-refractivity contribution in [3.8, 4) is 0 Å². The summed E-state index contributed by atoms with van der Waals surface area (Å²) in [5, 5.41) is 0.177. The Morgan fingerprint density at radius 3 is 2.33 bits per heavy atom. The van der Waals surface area contributed by atoms with Crippen LogP contribution in [-0.4, -0.2) is 38.9 Å². The van der Waals surface area contributed by atoms with Crippen LogP contribution in [-0.2, 0) is 10.0 Å². The van der Waals surface area contributed by atoms with Crippen LogP contribution in [0.4, 0.5) is 10.1 Å². The highest BCUT2D eigenvalue weighted by molar-refractivity contribution is 7.89. The number of hydrogen-bond acceptors (Lipinski definition) is 3. The van der Waals surface area contributed by atoms with Crippen LogP contribution in [0.2, 0.25) is 5.02 Å². The van der Waals surface area contributed by atoms with Gasteiger partial charge in [-0.2, -0.15) is 4.31 Å². The van der Waals surface area contributed by atoms with E-state index >= 15 is 0 Å². The van der Waals surface area contributed by atoms with Crippen molar-refractivity contribution in [3.63, 3.8) is 0 Å². The summed E-state index contributed by atoms with van der Waals surface area (Å²) in [6.07, 6.45) is 0. The highest BCUT2D eigenvalue weighted by atomic mass is 35.5. The molecule has 0 spiro atoms. The van der Waals surface area contributed by atoms with E-state index in [4.69, 9.17) is 11.6 Å². The molecule has 1 fully saturated rings. The molecule has 0 amide bonds. The van der Waals surface area contributed by atoms with Gasteiger partial charge < -0.3 is 4.90 Å². The third-order valence-corrected chi connectivity index (χ3v) is 6.37. The quantitative estimate of drug-likeness (QED) is 0.834. The largest absolute Gasteiger partial charge is 0.369 e. The summed E-state index contributed by atoms with van der Waals surface area (Å²) in [5.74, 6) is -0.816. The summed E-state index contributed by atoms with van der Waals surface area (Å²) >= 11 is 5.70. The highest BCUT2D eigenvalue weighted by Gasteiger charge is 2.31. The van der Waals surface area contributed by atoms with Crippen LogP contribution >= 0.6 is 11.6 Å². The van der Waals surface area contributed by atoms with Gasteiger partial charge in [-0.05, 0) is 36.8 Å². The van der Waals surface area contributed by atoms with E-state index in [0.717, 1.165) is 17.3 Å². The minimum absolute atomic E-state index is 0.177. The van der Waals surface area contributed by atoms with Gasteiger partial charge in [-0.25, -0.2) is 12.8 Å². The normalized spacial score (nSPS) is 16.4. The lowest BCUT2D eigenvalue weighted by Gasteiger charge is -2.36. The molecular formula is C17H18ClFN2O2S. The Bertz CT molecular complexity index is 849. The lowest BCUT2D eigenvalue weighted by Crippen LogP contribution is -2.49. The second-order valence-electron chi connectivity index (χ2n) is 5.75. The smallest absolute Gasteiger partial charge is 0.246 e. The molecule has 0 aliphatic carbocycles. The first kappa shape index (κ1) is 17.2. The molecule has 1 saturated heterocycles. The summed E-state index contributed by atoms with van der Waals surface area (Å²) in [4.78, 5) is 1.83. The van der Waals surface area contributed by atoms with Crippen LogP contribution in [0.15, 0.2) is 47.4 Å². The summed E-state index contributed by atoms with van der Waals surface area (Å²) < 4.78 is 40.6. The van der Waals surface area contributed by atoms with Crippen molar-refractivity contribution in [2.24, 2.45) is 0 Å². The number of anilines is 1. The van der Waals surface area contributed by atoms with Gasteiger partial charge in [-0.1, -0.05) is 29.8 Å². The van der Waals surface area contributed by atoms with E-state index in [0.29, 0.717) is 26.2 Å². The van der Waals surface area contributed by atoms with E-state index in [9.17, 15) is 12.8 Å². The van der Waals surface area contributed by atoms with Gasteiger partial charge in [-0.3, -0.25) is 0 Å². The number of sulfonamides is 1. The standard InChI is InChI=1S/C17H18ClFN2O2S/c1-13-4-2-3-5-16(13)20-8-10-21(11-9-20)24(22,23)17-7-6-14(18)12-15(17)19/h2-7,12H,8-11H2,1H3.